The fourth-order valence-electron chi connectivity index (χ4n) is 3.92. The van der Waals surface area contributed by atoms with E-state index in [1.54, 1.807) is 28.3 Å². The fourth-order valence-corrected chi connectivity index (χ4v) is 4.10. The Bertz CT molecular complexity index is 1030. The largest absolute Gasteiger partial charge is 0.473 e. The summed E-state index contributed by atoms with van der Waals surface area (Å²) in [5.41, 5.74) is 0.536. The Morgan fingerprint density at radius 1 is 1.18 bits per heavy atom. The van der Waals surface area contributed by atoms with Crippen LogP contribution < -0.4 is 4.74 Å². The van der Waals surface area contributed by atoms with Crippen LogP contribution in [0.5, 0.6) is 5.88 Å². The van der Waals surface area contributed by atoms with Gasteiger partial charge in [-0.1, -0.05) is 11.6 Å². The van der Waals surface area contributed by atoms with Crippen molar-refractivity contribution in [1.82, 2.24) is 24.8 Å². The molecule has 2 aromatic heterocycles. The van der Waals surface area contributed by atoms with E-state index in [2.05, 4.69) is 15.0 Å². The SMILES string of the molecule is CC(C)(C)OC(=O)N1CCC(C(=O)N2CCO[C@H](COc3nc(Cl)cc4nccnc34)C2)C1. The smallest absolute Gasteiger partial charge is 0.410 e. The van der Waals surface area contributed by atoms with Crippen molar-refractivity contribution < 1.29 is 23.8 Å². The number of rotatable bonds is 4. The Morgan fingerprint density at radius 2 is 1.97 bits per heavy atom. The number of likely N-dealkylation sites (tertiary alicyclic amines) is 1. The number of fused-ring (bicyclic) bond motifs is 1. The molecule has 0 saturated carbocycles. The molecule has 4 heterocycles. The van der Waals surface area contributed by atoms with Gasteiger partial charge in [0.2, 0.25) is 11.8 Å². The van der Waals surface area contributed by atoms with E-state index in [1.165, 1.54) is 0 Å². The van der Waals surface area contributed by atoms with Crippen LogP contribution in [0, 0.1) is 5.92 Å². The topological polar surface area (TPSA) is 107 Å². The number of ether oxygens (including phenoxy) is 3. The molecule has 2 saturated heterocycles. The predicted molar refractivity (Wildman–Crippen MR) is 120 cm³/mol. The summed E-state index contributed by atoms with van der Waals surface area (Å²) < 4.78 is 17.1. The summed E-state index contributed by atoms with van der Waals surface area (Å²) in [5, 5.41) is 0.259. The quantitative estimate of drug-likeness (QED) is 0.618. The maximum Gasteiger partial charge on any atom is 0.410 e. The molecule has 0 aliphatic carbocycles. The highest BCUT2D eigenvalue weighted by Crippen LogP contribution is 2.25. The maximum atomic E-state index is 13.1. The summed E-state index contributed by atoms with van der Waals surface area (Å²) in [4.78, 5) is 41.5. The minimum absolute atomic E-state index is 0.0200. The van der Waals surface area contributed by atoms with Crippen LogP contribution in [0.15, 0.2) is 18.5 Å². The van der Waals surface area contributed by atoms with Gasteiger partial charge in [0.15, 0.2) is 5.52 Å². The van der Waals surface area contributed by atoms with Crippen LogP contribution in [-0.4, -0.2) is 87.8 Å². The molecule has 2 aliphatic heterocycles. The number of nitrogens with zero attached hydrogens (tertiary/aromatic N) is 5. The van der Waals surface area contributed by atoms with Gasteiger partial charge < -0.3 is 24.0 Å². The summed E-state index contributed by atoms with van der Waals surface area (Å²) >= 11 is 6.07. The highest BCUT2D eigenvalue weighted by Gasteiger charge is 2.37. The monoisotopic (exact) mass is 477 g/mol. The van der Waals surface area contributed by atoms with Crippen LogP contribution in [0.4, 0.5) is 4.79 Å². The van der Waals surface area contributed by atoms with Crippen molar-refractivity contribution in [3.8, 4) is 5.88 Å². The average Bonchev–Trinajstić information content (AvgIpc) is 3.26. The van der Waals surface area contributed by atoms with E-state index in [4.69, 9.17) is 25.8 Å². The van der Waals surface area contributed by atoms with Crippen molar-refractivity contribution >= 4 is 34.6 Å². The normalized spacial score (nSPS) is 21.3. The second-order valence-electron chi connectivity index (χ2n) is 9.17. The minimum Gasteiger partial charge on any atom is -0.473 e. The Balaban J connectivity index is 1.33. The molecule has 11 heteroatoms. The van der Waals surface area contributed by atoms with Crippen molar-refractivity contribution in [3.63, 3.8) is 0 Å². The third-order valence-electron chi connectivity index (χ3n) is 5.44. The van der Waals surface area contributed by atoms with Gasteiger partial charge >= 0.3 is 6.09 Å². The maximum absolute atomic E-state index is 13.1. The van der Waals surface area contributed by atoms with Crippen LogP contribution in [0.25, 0.3) is 11.0 Å². The van der Waals surface area contributed by atoms with E-state index in [1.807, 2.05) is 20.8 Å². The van der Waals surface area contributed by atoms with E-state index in [9.17, 15) is 9.59 Å². The average molecular weight is 478 g/mol. The zero-order chi connectivity index (χ0) is 23.6. The first-order chi connectivity index (χ1) is 15.7. The summed E-state index contributed by atoms with van der Waals surface area (Å²) in [7, 11) is 0. The first kappa shape index (κ1) is 23.4. The van der Waals surface area contributed by atoms with E-state index in [-0.39, 0.29) is 41.7 Å². The van der Waals surface area contributed by atoms with Crippen molar-refractivity contribution in [2.24, 2.45) is 5.92 Å². The zero-order valence-corrected chi connectivity index (χ0v) is 19.7. The van der Waals surface area contributed by atoms with E-state index >= 15 is 0 Å². The minimum atomic E-state index is -0.564. The number of hydrogen-bond donors (Lipinski definition) is 0. The number of aromatic nitrogens is 3. The number of amides is 2. The molecular weight excluding hydrogens is 450 g/mol. The zero-order valence-electron chi connectivity index (χ0n) is 19.0. The summed E-state index contributed by atoms with van der Waals surface area (Å²) in [6.45, 7) is 7.85. The van der Waals surface area contributed by atoms with Gasteiger partial charge in [0.1, 0.15) is 23.5 Å². The molecule has 2 amide bonds. The summed E-state index contributed by atoms with van der Waals surface area (Å²) in [6, 6.07) is 1.62. The third-order valence-corrected chi connectivity index (χ3v) is 5.63. The highest BCUT2D eigenvalue weighted by molar-refractivity contribution is 6.30. The van der Waals surface area contributed by atoms with Crippen molar-refractivity contribution in [2.75, 3.05) is 39.4 Å². The molecule has 1 unspecified atom stereocenters. The van der Waals surface area contributed by atoms with Crippen LogP contribution >= 0.6 is 11.6 Å². The first-order valence-corrected chi connectivity index (χ1v) is 11.4. The van der Waals surface area contributed by atoms with Crippen LogP contribution in [0.2, 0.25) is 5.15 Å². The van der Waals surface area contributed by atoms with Crippen molar-refractivity contribution in [1.29, 1.82) is 0 Å². The number of morpholine rings is 1. The van der Waals surface area contributed by atoms with Crippen molar-refractivity contribution in [2.45, 2.75) is 38.9 Å². The number of pyridine rings is 1. The molecule has 0 radical (unpaired) electrons. The summed E-state index contributed by atoms with van der Waals surface area (Å²) in [5.74, 6) is 0.0546. The van der Waals surface area contributed by atoms with E-state index in [0.29, 0.717) is 50.2 Å². The van der Waals surface area contributed by atoms with Crippen LogP contribution in [-0.2, 0) is 14.3 Å². The van der Waals surface area contributed by atoms with Gasteiger partial charge in [-0.05, 0) is 27.2 Å². The van der Waals surface area contributed by atoms with Gasteiger partial charge in [0.05, 0.1) is 24.6 Å². The lowest BCUT2D eigenvalue weighted by Gasteiger charge is -2.34. The van der Waals surface area contributed by atoms with E-state index in [0.717, 1.165) is 0 Å². The van der Waals surface area contributed by atoms with Gasteiger partial charge in [0, 0.05) is 38.1 Å². The van der Waals surface area contributed by atoms with Gasteiger partial charge in [-0.3, -0.25) is 9.78 Å². The lowest BCUT2D eigenvalue weighted by atomic mass is 10.1. The second kappa shape index (κ2) is 9.64. The van der Waals surface area contributed by atoms with Gasteiger partial charge in [-0.25, -0.2) is 9.78 Å². The van der Waals surface area contributed by atoms with Gasteiger partial charge in [0.25, 0.3) is 0 Å². The molecule has 33 heavy (non-hydrogen) atoms. The molecule has 0 bridgehead atoms. The molecule has 2 aliphatic rings. The fraction of sp³-hybridized carbons (Fsp3) is 0.591. The lowest BCUT2D eigenvalue weighted by molar-refractivity contribution is -0.143. The lowest BCUT2D eigenvalue weighted by Crippen LogP contribution is -2.50. The Morgan fingerprint density at radius 3 is 2.76 bits per heavy atom. The molecule has 178 valence electrons. The number of hydrogen-bond acceptors (Lipinski definition) is 8. The van der Waals surface area contributed by atoms with Gasteiger partial charge in [-0.2, -0.15) is 4.98 Å². The molecule has 2 atom stereocenters. The Kier molecular flexibility index (Phi) is 6.85. The molecule has 0 N–H and O–H groups in total. The Labute approximate surface area is 197 Å². The molecule has 0 spiro atoms. The predicted octanol–water partition coefficient (Wildman–Crippen LogP) is 2.54. The molecule has 2 fully saturated rings. The molecule has 0 aromatic carbocycles. The number of halogens is 1. The molecular formula is C22H28ClN5O5. The number of carbonyl (C=O) groups excluding carboxylic acids is 2. The summed E-state index contributed by atoms with van der Waals surface area (Å²) in [6.07, 6.45) is 3.05. The first-order valence-electron chi connectivity index (χ1n) is 11.0. The highest BCUT2D eigenvalue weighted by atomic mass is 35.5. The molecule has 4 rings (SSSR count). The third kappa shape index (κ3) is 5.80. The number of carbonyl (C=O) groups is 2. The van der Waals surface area contributed by atoms with Gasteiger partial charge in [-0.15, -0.1) is 0 Å². The second-order valence-corrected chi connectivity index (χ2v) is 9.56. The molecule has 2 aromatic rings. The van der Waals surface area contributed by atoms with Crippen LogP contribution in [0.3, 0.4) is 0 Å². The van der Waals surface area contributed by atoms with Crippen molar-refractivity contribution in [3.05, 3.63) is 23.6 Å². The Hall–Kier alpha value is -2.72. The standard InChI is InChI=1S/C22H28ClN5O5/c1-22(2,3)33-21(30)28-7-4-14(11-28)20(29)27-8-9-31-15(12-27)13-32-19-18-16(10-17(23)26-19)24-5-6-25-18/h5-6,10,14-15H,4,7-9,11-13H2,1-3H3/t14?,15-/m0/s1. The van der Waals surface area contributed by atoms with Crippen LogP contribution in [0.1, 0.15) is 27.2 Å². The molecule has 10 nitrogen and oxygen atoms in total. The van der Waals surface area contributed by atoms with E-state index < -0.39 is 5.60 Å².